The van der Waals surface area contributed by atoms with E-state index in [-0.39, 0.29) is 5.56 Å². The second-order valence-corrected chi connectivity index (χ2v) is 4.06. The molecule has 1 unspecified atom stereocenters. The van der Waals surface area contributed by atoms with E-state index >= 15 is 0 Å². The first-order valence-corrected chi connectivity index (χ1v) is 5.50. The lowest BCUT2D eigenvalue weighted by Crippen LogP contribution is -2.18. The average Bonchev–Trinajstić information content (AvgIpc) is 2.25. The lowest BCUT2D eigenvalue weighted by atomic mass is 10.00. The van der Waals surface area contributed by atoms with Crippen LogP contribution in [0.5, 0.6) is 0 Å². The molecule has 0 aliphatic carbocycles. The second-order valence-electron chi connectivity index (χ2n) is 4.06. The van der Waals surface area contributed by atoms with Crippen molar-refractivity contribution in [3.05, 3.63) is 29.3 Å². The number of aliphatic hydroxyl groups is 1. The Morgan fingerprint density at radius 1 is 1.35 bits per heavy atom. The van der Waals surface area contributed by atoms with Gasteiger partial charge in [-0.2, -0.15) is 13.2 Å². The van der Waals surface area contributed by atoms with Crippen molar-refractivity contribution in [1.29, 1.82) is 0 Å². The number of anilines is 1. The van der Waals surface area contributed by atoms with Crippen molar-refractivity contribution in [3.8, 4) is 0 Å². The predicted octanol–water partition coefficient (Wildman–Crippen LogP) is 2.17. The van der Waals surface area contributed by atoms with Crippen molar-refractivity contribution in [3.63, 3.8) is 0 Å². The number of halogens is 3. The highest BCUT2D eigenvalue weighted by Crippen LogP contribution is 2.39. The number of carboxylic acids is 1. The van der Waals surface area contributed by atoms with Gasteiger partial charge < -0.3 is 15.5 Å². The molecule has 0 aromatic heterocycles. The average molecular weight is 291 g/mol. The summed E-state index contributed by atoms with van der Waals surface area (Å²) < 4.78 is 38.6. The standard InChI is InChI=1S/C12H12F3NO4/c1-6(17)16-11-7(9(18)5-10(19)20)3-2-4-8(11)12(13,14)15/h2-4,9,18H,5H2,1H3,(H,16,17)(H,19,20). The van der Waals surface area contributed by atoms with E-state index in [0.29, 0.717) is 0 Å². The summed E-state index contributed by atoms with van der Waals surface area (Å²) in [6.07, 6.45) is -7.17. The van der Waals surface area contributed by atoms with Gasteiger partial charge in [-0.15, -0.1) is 0 Å². The number of aliphatic hydroxyl groups excluding tert-OH is 1. The number of hydrogen-bond donors (Lipinski definition) is 3. The van der Waals surface area contributed by atoms with Gasteiger partial charge in [0.25, 0.3) is 0 Å². The Labute approximate surface area is 112 Å². The topological polar surface area (TPSA) is 86.6 Å². The van der Waals surface area contributed by atoms with Crippen molar-refractivity contribution >= 4 is 17.6 Å². The van der Waals surface area contributed by atoms with Gasteiger partial charge in [0.05, 0.1) is 23.8 Å². The highest BCUT2D eigenvalue weighted by atomic mass is 19.4. The zero-order valence-electron chi connectivity index (χ0n) is 10.4. The van der Waals surface area contributed by atoms with Gasteiger partial charge in [0.1, 0.15) is 0 Å². The van der Waals surface area contributed by atoms with Gasteiger partial charge in [-0.1, -0.05) is 12.1 Å². The first-order valence-electron chi connectivity index (χ1n) is 5.50. The van der Waals surface area contributed by atoms with Gasteiger partial charge in [-0.05, 0) is 6.07 Å². The van der Waals surface area contributed by atoms with Crippen LogP contribution in [0.3, 0.4) is 0 Å². The van der Waals surface area contributed by atoms with Gasteiger partial charge in [0.2, 0.25) is 5.91 Å². The van der Waals surface area contributed by atoms with Crippen molar-refractivity contribution in [2.24, 2.45) is 0 Å². The predicted molar refractivity (Wildman–Crippen MR) is 63.0 cm³/mol. The van der Waals surface area contributed by atoms with E-state index in [1.165, 1.54) is 0 Å². The summed E-state index contributed by atoms with van der Waals surface area (Å²) in [5.41, 5.74) is -2.06. The number of carbonyl (C=O) groups excluding carboxylic acids is 1. The number of rotatable bonds is 4. The van der Waals surface area contributed by atoms with Crippen LogP contribution in [-0.4, -0.2) is 22.1 Å². The Balaban J connectivity index is 3.36. The van der Waals surface area contributed by atoms with E-state index in [1.807, 2.05) is 5.32 Å². The Morgan fingerprint density at radius 3 is 2.40 bits per heavy atom. The van der Waals surface area contributed by atoms with E-state index in [2.05, 4.69) is 0 Å². The molecule has 20 heavy (non-hydrogen) atoms. The molecule has 0 heterocycles. The van der Waals surface area contributed by atoms with Crippen LogP contribution in [0.15, 0.2) is 18.2 Å². The normalized spacial score (nSPS) is 12.8. The minimum atomic E-state index is -4.74. The van der Waals surface area contributed by atoms with Crippen LogP contribution in [-0.2, 0) is 15.8 Å². The zero-order valence-corrected chi connectivity index (χ0v) is 10.4. The molecule has 1 aromatic carbocycles. The van der Waals surface area contributed by atoms with Crippen LogP contribution < -0.4 is 5.32 Å². The minimum absolute atomic E-state index is 0.294. The fourth-order valence-electron chi connectivity index (χ4n) is 1.67. The van der Waals surface area contributed by atoms with E-state index in [4.69, 9.17) is 5.11 Å². The third-order valence-electron chi connectivity index (χ3n) is 2.43. The minimum Gasteiger partial charge on any atom is -0.481 e. The number of para-hydroxylation sites is 1. The number of alkyl halides is 3. The van der Waals surface area contributed by atoms with Gasteiger partial charge in [-0.3, -0.25) is 9.59 Å². The van der Waals surface area contributed by atoms with Crippen LogP contribution in [0.25, 0.3) is 0 Å². The Hall–Kier alpha value is -2.09. The Morgan fingerprint density at radius 2 is 1.95 bits per heavy atom. The quantitative estimate of drug-likeness (QED) is 0.793. The van der Waals surface area contributed by atoms with Crippen LogP contribution in [0, 0.1) is 0 Å². The smallest absolute Gasteiger partial charge is 0.418 e. The van der Waals surface area contributed by atoms with Gasteiger partial charge in [0, 0.05) is 12.5 Å². The van der Waals surface area contributed by atoms with Crippen molar-refractivity contribution in [1.82, 2.24) is 0 Å². The van der Waals surface area contributed by atoms with Gasteiger partial charge >= 0.3 is 12.1 Å². The molecule has 1 aromatic rings. The molecule has 0 saturated heterocycles. The van der Waals surface area contributed by atoms with Crippen molar-refractivity contribution in [2.75, 3.05) is 5.32 Å². The molecule has 1 amide bonds. The van der Waals surface area contributed by atoms with Crippen LogP contribution in [0.2, 0.25) is 0 Å². The Kier molecular flexibility index (Phi) is 4.72. The van der Waals surface area contributed by atoms with E-state index in [0.717, 1.165) is 25.1 Å². The lowest BCUT2D eigenvalue weighted by molar-refractivity contribution is -0.139. The molecule has 0 bridgehead atoms. The molecule has 5 nitrogen and oxygen atoms in total. The van der Waals surface area contributed by atoms with Crippen molar-refractivity contribution in [2.45, 2.75) is 25.6 Å². The molecule has 0 saturated carbocycles. The number of amides is 1. The van der Waals surface area contributed by atoms with E-state index < -0.39 is 41.8 Å². The summed E-state index contributed by atoms with van der Waals surface area (Å²) in [6, 6.07) is 2.91. The molecule has 0 radical (unpaired) electrons. The maximum Gasteiger partial charge on any atom is 0.418 e. The fourth-order valence-corrected chi connectivity index (χ4v) is 1.67. The van der Waals surface area contributed by atoms with Gasteiger partial charge in [0.15, 0.2) is 0 Å². The van der Waals surface area contributed by atoms with Crippen LogP contribution in [0.1, 0.15) is 30.6 Å². The number of carboxylic acid groups (broad SMARTS) is 1. The summed E-state index contributed by atoms with van der Waals surface area (Å²) >= 11 is 0. The number of aliphatic carboxylic acids is 1. The van der Waals surface area contributed by atoms with Crippen molar-refractivity contribution < 1.29 is 33.0 Å². The SMILES string of the molecule is CC(=O)Nc1c(C(O)CC(=O)O)cccc1C(F)(F)F. The maximum atomic E-state index is 12.9. The molecule has 0 aliphatic rings. The number of hydrogen-bond acceptors (Lipinski definition) is 3. The molecule has 110 valence electrons. The number of nitrogens with one attached hydrogen (secondary N) is 1. The second kappa shape index (κ2) is 5.91. The molecule has 1 rings (SSSR count). The molecule has 1 atom stereocenters. The molecule has 0 spiro atoms. The fraction of sp³-hybridized carbons (Fsp3) is 0.333. The third kappa shape index (κ3) is 3.95. The molecule has 0 fully saturated rings. The first-order chi connectivity index (χ1) is 9.12. The molecule has 3 N–H and O–H groups in total. The number of benzene rings is 1. The summed E-state index contributed by atoms with van der Waals surface area (Å²) in [5.74, 6) is -2.13. The monoisotopic (exact) mass is 291 g/mol. The maximum absolute atomic E-state index is 12.9. The summed E-state index contributed by atoms with van der Waals surface area (Å²) in [5, 5.41) is 20.2. The summed E-state index contributed by atoms with van der Waals surface area (Å²) in [4.78, 5) is 21.5. The van der Waals surface area contributed by atoms with E-state index in [9.17, 15) is 27.9 Å². The zero-order chi connectivity index (χ0) is 15.5. The van der Waals surface area contributed by atoms with Crippen LogP contribution in [0.4, 0.5) is 18.9 Å². The first kappa shape index (κ1) is 16.0. The highest BCUT2D eigenvalue weighted by molar-refractivity contribution is 5.91. The summed E-state index contributed by atoms with van der Waals surface area (Å²) in [7, 11) is 0. The Bertz CT molecular complexity index is 528. The number of carbonyl (C=O) groups is 2. The van der Waals surface area contributed by atoms with E-state index in [1.54, 1.807) is 0 Å². The lowest BCUT2D eigenvalue weighted by Gasteiger charge is -2.19. The third-order valence-corrected chi connectivity index (χ3v) is 2.43. The summed E-state index contributed by atoms with van der Waals surface area (Å²) in [6.45, 7) is 1.01. The molecule has 8 heteroatoms. The van der Waals surface area contributed by atoms with Gasteiger partial charge in [-0.25, -0.2) is 0 Å². The van der Waals surface area contributed by atoms with Crippen LogP contribution >= 0.6 is 0 Å². The largest absolute Gasteiger partial charge is 0.481 e. The molecule has 0 aliphatic heterocycles. The molecular weight excluding hydrogens is 279 g/mol. The highest BCUT2D eigenvalue weighted by Gasteiger charge is 2.35. The molecular formula is C12H12F3NO4.